The third kappa shape index (κ3) is 9.98. The molecule has 0 rings (SSSR count). The maximum Gasteiger partial charge on any atom is 0.507 e. The van der Waals surface area contributed by atoms with Crippen LogP contribution < -0.4 is 0 Å². The minimum atomic E-state index is -1.36. The zero-order valence-corrected chi connectivity index (χ0v) is 9.81. The summed E-state index contributed by atoms with van der Waals surface area (Å²) in [4.78, 5) is 0. The van der Waals surface area contributed by atoms with E-state index in [1.807, 2.05) is 6.92 Å². The van der Waals surface area contributed by atoms with Crippen LogP contribution in [0.25, 0.3) is 0 Å². The highest BCUT2D eigenvalue weighted by Crippen LogP contribution is 2.21. The summed E-state index contributed by atoms with van der Waals surface area (Å²) in [5, 5.41) is 0. The summed E-state index contributed by atoms with van der Waals surface area (Å²) < 4.78 is 16.0. The van der Waals surface area contributed by atoms with E-state index in [0.717, 1.165) is 6.42 Å². The van der Waals surface area contributed by atoms with Gasteiger partial charge in [-0.2, -0.15) is 0 Å². The van der Waals surface area contributed by atoms with Crippen LogP contribution in [0.1, 0.15) is 52.4 Å². The molecule has 0 aliphatic carbocycles. The lowest BCUT2D eigenvalue weighted by Gasteiger charge is -1.96. The van der Waals surface area contributed by atoms with Crippen LogP contribution in [0.5, 0.6) is 0 Å². The van der Waals surface area contributed by atoms with Gasteiger partial charge in [-0.15, -0.1) is 4.52 Å². The van der Waals surface area contributed by atoms with Crippen molar-refractivity contribution in [3.8, 4) is 0 Å². The first-order valence-electron chi connectivity index (χ1n) is 5.38. The van der Waals surface area contributed by atoms with E-state index < -0.39 is 8.03 Å². The molecule has 0 aromatic heterocycles. The van der Waals surface area contributed by atoms with Crippen LogP contribution in [-0.4, -0.2) is 12.8 Å². The smallest absolute Gasteiger partial charge is 0.146 e. The highest BCUT2D eigenvalue weighted by molar-refractivity contribution is 7.39. The molecular formula is C10H22O2P+. The van der Waals surface area contributed by atoms with Gasteiger partial charge in [-0.05, 0) is 17.9 Å². The Bertz CT molecular complexity index is 126. The Kier molecular flexibility index (Phi) is 10.2. The molecule has 2 nitrogen and oxygen atoms in total. The molecule has 0 spiro atoms. The molecule has 0 amide bonds. The fraction of sp³-hybridized carbons (Fsp3) is 1.00. The second-order valence-corrected chi connectivity index (χ2v) is 4.81. The van der Waals surface area contributed by atoms with Gasteiger partial charge in [0, 0.05) is 0 Å². The molecule has 0 radical (unpaired) electrons. The maximum atomic E-state index is 10.9. The zero-order valence-electron chi connectivity index (χ0n) is 8.92. The van der Waals surface area contributed by atoms with Crippen LogP contribution in [0.3, 0.4) is 0 Å². The Morgan fingerprint density at radius 3 is 2.23 bits per heavy atom. The molecular weight excluding hydrogens is 183 g/mol. The second-order valence-electron chi connectivity index (χ2n) is 3.25. The number of unbranched alkanes of at least 4 members (excludes halogenated alkanes) is 5. The molecule has 0 N–H and O–H groups in total. The summed E-state index contributed by atoms with van der Waals surface area (Å²) in [7, 11) is -1.36. The van der Waals surface area contributed by atoms with E-state index in [9.17, 15) is 4.57 Å². The van der Waals surface area contributed by atoms with Crippen LogP contribution in [0.4, 0.5) is 0 Å². The van der Waals surface area contributed by atoms with E-state index in [-0.39, 0.29) is 0 Å². The first-order chi connectivity index (χ1) is 6.31. The van der Waals surface area contributed by atoms with Crippen molar-refractivity contribution < 1.29 is 9.09 Å². The first-order valence-corrected chi connectivity index (χ1v) is 6.75. The lowest BCUT2D eigenvalue weighted by molar-refractivity contribution is 0.316. The standard InChI is InChI=1S/C10H22O2P/c1-3-5-6-7-8-9-10-12-13(11)4-2/h3-10H2,1-2H3/q+1. The van der Waals surface area contributed by atoms with Crippen LogP contribution in [0.15, 0.2) is 0 Å². The molecule has 0 bridgehead atoms. The van der Waals surface area contributed by atoms with Gasteiger partial charge >= 0.3 is 8.03 Å². The quantitative estimate of drug-likeness (QED) is 0.418. The van der Waals surface area contributed by atoms with Gasteiger partial charge in [0.05, 0.1) is 0 Å². The second kappa shape index (κ2) is 10.1. The molecule has 0 saturated carbocycles. The molecule has 78 valence electrons. The molecule has 0 aliphatic heterocycles. The van der Waals surface area contributed by atoms with Crippen LogP contribution >= 0.6 is 8.03 Å². The summed E-state index contributed by atoms with van der Waals surface area (Å²) >= 11 is 0. The SMILES string of the molecule is CCCCCCCCO[P+](=O)CC. The zero-order chi connectivity index (χ0) is 9.94. The van der Waals surface area contributed by atoms with Crippen molar-refractivity contribution in [1.82, 2.24) is 0 Å². The molecule has 0 aromatic carbocycles. The minimum Gasteiger partial charge on any atom is -0.146 e. The average Bonchev–Trinajstić information content (AvgIpc) is 2.16. The summed E-state index contributed by atoms with van der Waals surface area (Å²) in [5.74, 6) is 0. The third-order valence-corrected chi connectivity index (χ3v) is 2.98. The Labute approximate surface area is 82.9 Å². The van der Waals surface area contributed by atoms with Crippen molar-refractivity contribution in [2.45, 2.75) is 52.4 Å². The predicted octanol–water partition coefficient (Wildman–Crippen LogP) is 4.13. The van der Waals surface area contributed by atoms with Gasteiger partial charge in [0.15, 0.2) is 6.16 Å². The average molecular weight is 205 g/mol. The van der Waals surface area contributed by atoms with Crippen molar-refractivity contribution in [1.29, 1.82) is 0 Å². The molecule has 0 fully saturated rings. The monoisotopic (exact) mass is 205 g/mol. The van der Waals surface area contributed by atoms with Gasteiger partial charge in [-0.3, -0.25) is 0 Å². The van der Waals surface area contributed by atoms with Gasteiger partial charge in [0.25, 0.3) is 0 Å². The fourth-order valence-corrected chi connectivity index (χ4v) is 1.66. The fourth-order valence-electron chi connectivity index (χ4n) is 1.14. The van der Waals surface area contributed by atoms with Gasteiger partial charge in [0.1, 0.15) is 6.61 Å². The van der Waals surface area contributed by atoms with Crippen molar-refractivity contribution in [2.24, 2.45) is 0 Å². The van der Waals surface area contributed by atoms with Crippen molar-refractivity contribution in [3.63, 3.8) is 0 Å². The molecule has 1 unspecified atom stereocenters. The number of hydrogen-bond acceptors (Lipinski definition) is 2. The van der Waals surface area contributed by atoms with Gasteiger partial charge < -0.3 is 0 Å². The van der Waals surface area contributed by atoms with Gasteiger partial charge in [0.2, 0.25) is 0 Å². The van der Waals surface area contributed by atoms with E-state index in [1.54, 1.807) is 0 Å². The van der Waals surface area contributed by atoms with Crippen molar-refractivity contribution in [3.05, 3.63) is 0 Å². The Morgan fingerprint density at radius 2 is 1.62 bits per heavy atom. The minimum absolute atomic E-state index is 0.644. The number of rotatable bonds is 9. The molecule has 0 aromatic rings. The molecule has 0 saturated heterocycles. The van der Waals surface area contributed by atoms with E-state index in [1.165, 1.54) is 32.1 Å². The van der Waals surface area contributed by atoms with Crippen LogP contribution in [-0.2, 0) is 9.09 Å². The summed E-state index contributed by atoms with van der Waals surface area (Å²) in [6, 6.07) is 0. The topological polar surface area (TPSA) is 26.3 Å². The lowest BCUT2D eigenvalue weighted by atomic mass is 10.1. The predicted molar refractivity (Wildman–Crippen MR) is 57.5 cm³/mol. The van der Waals surface area contributed by atoms with E-state index in [2.05, 4.69) is 6.92 Å². The molecule has 13 heavy (non-hydrogen) atoms. The highest BCUT2D eigenvalue weighted by Gasteiger charge is 2.11. The largest absolute Gasteiger partial charge is 0.507 e. The van der Waals surface area contributed by atoms with Crippen molar-refractivity contribution in [2.75, 3.05) is 12.8 Å². The third-order valence-electron chi connectivity index (χ3n) is 1.99. The van der Waals surface area contributed by atoms with E-state index in [0.29, 0.717) is 12.8 Å². The summed E-state index contributed by atoms with van der Waals surface area (Å²) in [6.07, 6.45) is 8.17. The van der Waals surface area contributed by atoms with Crippen LogP contribution in [0.2, 0.25) is 0 Å². The van der Waals surface area contributed by atoms with Crippen LogP contribution in [0, 0.1) is 0 Å². The van der Waals surface area contributed by atoms with E-state index in [4.69, 9.17) is 4.52 Å². The van der Waals surface area contributed by atoms with Crippen molar-refractivity contribution >= 4 is 8.03 Å². The number of hydrogen-bond donors (Lipinski definition) is 0. The highest BCUT2D eigenvalue weighted by atomic mass is 31.1. The maximum absolute atomic E-state index is 10.9. The summed E-state index contributed by atoms with van der Waals surface area (Å²) in [6.45, 7) is 4.78. The molecule has 3 heteroatoms. The molecule has 1 atom stereocenters. The lowest BCUT2D eigenvalue weighted by Crippen LogP contribution is -1.88. The van der Waals surface area contributed by atoms with Gasteiger partial charge in [-0.1, -0.05) is 39.0 Å². The first kappa shape index (κ1) is 13.1. The molecule has 0 aliphatic rings. The normalized spacial score (nSPS) is 11.7. The van der Waals surface area contributed by atoms with Gasteiger partial charge in [-0.25, -0.2) is 0 Å². The summed E-state index contributed by atoms with van der Waals surface area (Å²) in [5.41, 5.74) is 0. The van der Waals surface area contributed by atoms with E-state index >= 15 is 0 Å². The Hall–Kier alpha value is 0.0600. The molecule has 0 heterocycles. The Balaban J connectivity index is 2.95. The Morgan fingerprint density at radius 1 is 1.00 bits per heavy atom.